The van der Waals surface area contributed by atoms with Crippen LogP contribution in [0.25, 0.3) is 11.3 Å². The SMILES string of the molecule is C[S+]([O-])c1ccc(-c2ccc(Cl)nn2)cc1. The van der Waals surface area contributed by atoms with Crippen molar-refractivity contribution in [3.8, 4) is 11.3 Å². The maximum Gasteiger partial charge on any atom is 0.152 e. The molecule has 0 radical (unpaired) electrons. The highest BCUT2D eigenvalue weighted by atomic mass is 35.5. The largest absolute Gasteiger partial charge is 0.612 e. The van der Waals surface area contributed by atoms with Crippen LogP contribution in [0.2, 0.25) is 5.15 Å². The van der Waals surface area contributed by atoms with E-state index in [1.807, 2.05) is 24.3 Å². The number of aromatic nitrogens is 2. The van der Waals surface area contributed by atoms with E-state index in [2.05, 4.69) is 10.2 Å². The molecule has 0 saturated heterocycles. The summed E-state index contributed by atoms with van der Waals surface area (Å²) in [6, 6.07) is 10.9. The molecule has 0 bridgehead atoms. The summed E-state index contributed by atoms with van der Waals surface area (Å²) in [5.41, 5.74) is 1.68. The lowest BCUT2D eigenvalue weighted by Gasteiger charge is -2.04. The molecule has 1 atom stereocenters. The number of nitrogens with zero attached hydrogens (tertiary/aromatic N) is 2. The van der Waals surface area contributed by atoms with Crippen LogP contribution < -0.4 is 0 Å². The van der Waals surface area contributed by atoms with Crippen LogP contribution in [0, 0.1) is 0 Å². The van der Waals surface area contributed by atoms with Crippen LogP contribution in [0.4, 0.5) is 0 Å². The van der Waals surface area contributed by atoms with Gasteiger partial charge in [0.25, 0.3) is 0 Å². The fourth-order valence-corrected chi connectivity index (χ4v) is 1.91. The zero-order valence-electron chi connectivity index (χ0n) is 8.55. The molecule has 0 spiro atoms. The molecule has 1 unspecified atom stereocenters. The molecule has 1 aromatic heterocycles. The summed E-state index contributed by atoms with van der Waals surface area (Å²) in [5, 5.41) is 8.10. The van der Waals surface area contributed by atoms with Gasteiger partial charge in [0.1, 0.15) is 6.26 Å². The Labute approximate surface area is 102 Å². The average Bonchev–Trinajstić information content (AvgIpc) is 2.30. The van der Waals surface area contributed by atoms with Gasteiger partial charge in [-0.05, 0) is 47.6 Å². The van der Waals surface area contributed by atoms with E-state index < -0.39 is 11.2 Å². The minimum absolute atomic E-state index is 0.370. The summed E-state index contributed by atoms with van der Waals surface area (Å²) in [4.78, 5) is 0.797. The van der Waals surface area contributed by atoms with Crippen molar-refractivity contribution < 1.29 is 4.55 Å². The van der Waals surface area contributed by atoms with Crippen LogP contribution in [-0.4, -0.2) is 21.0 Å². The molecule has 1 heterocycles. The zero-order chi connectivity index (χ0) is 11.5. The Morgan fingerprint density at radius 3 is 2.25 bits per heavy atom. The highest BCUT2D eigenvalue weighted by Crippen LogP contribution is 2.19. The third-order valence-electron chi connectivity index (χ3n) is 2.11. The van der Waals surface area contributed by atoms with E-state index in [4.69, 9.17) is 11.6 Å². The molecule has 3 nitrogen and oxygen atoms in total. The summed E-state index contributed by atoms with van der Waals surface area (Å²) in [6.07, 6.45) is 1.65. The number of benzene rings is 1. The summed E-state index contributed by atoms with van der Waals surface area (Å²) in [6.45, 7) is 0. The Bertz CT molecular complexity index is 470. The van der Waals surface area contributed by atoms with Crippen LogP contribution >= 0.6 is 11.6 Å². The van der Waals surface area contributed by atoms with Gasteiger partial charge >= 0.3 is 0 Å². The molecule has 2 aromatic rings. The molecule has 82 valence electrons. The molecule has 0 fully saturated rings. The van der Waals surface area contributed by atoms with Gasteiger partial charge in [-0.1, -0.05) is 11.6 Å². The number of rotatable bonds is 2. The summed E-state index contributed by atoms with van der Waals surface area (Å²) in [7, 11) is 0. The first kappa shape index (κ1) is 11.4. The highest BCUT2D eigenvalue weighted by Gasteiger charge is 2.05. The molecule has 5 heteroatoms. The topological polar surface area (TPSA) is 48.8 Å². The summed E-state index contributed by atoms with van der Waals surface area (Å²) < 4.78 is 11.2. The second-order valence-electron chi connectivity index (χ2n) is 3.22. The predicted molar refractivity (Wildman–Crippen MR) is 64.8 cm³/mol. The standard InChI is InChI=1S/C11H9ClN2OS/c1-16(15)9-4-2-8(3-5-9)10-6-7-11(12)14-13-10/h2-7H,1H3. The average molecular weight is 253 g/mol. The lowest BCUT2D eigenvalue weighted by Crippen LogP contribution is -1.96. The van der Waals surface area contributed by atoms with Gasteiger partial charge in [-0.2, -0.15) is 0 Å². The van der Waals surface area contributed by atoms with Crippen molar-refractivity contribution in [1.82, 2.24) is 10.2 Å². The number of halogens is 1. The third-order valence-corrected chi connectivity index (χ3v) is 3.25. The van der Waals surface area contributed by atoms with Crippen LogP contribution in [-0.2, 0) is 11.2 Å². The zero-order valence-corrected chi connectivity index (χ0v) is 10.1. The summed E-state index contributed by atoms with van der Waals surface area (Å²) >= 11 is 4.70. The van der Waals surface area contributed by atoms with Crippen molar-refractivity contribution in [3.63, 3.8) is 0 Å². The van der Waals surface area contributed by atoms with E-state index in [-0.39, 0.29) is 0 Å². The molecule has 0 aliphatic rings. The lowest BCUT2D eigenvalue weighted by molar-refractivity contribution is 0.601. The molecule has 0 aliphatic carbocycles. The normalized spacial score (nSPS) is 12.4. The van der Waals surface area contributed by atoms with Gasteiger partial charge in [-0.3, -0.25) is 0 Å². The number of hydrogen-bond acceptors (Lipinski definition) is 3. The first-order chi connectivity index (χ1) is 7.66. The fourth-order valence-electron chi connectivity index (χ4n) is 1.29. The van der Waals surface area contributed by atoms with Crippen LogP contribution in [0.1, 0.15) is 0 Å². The Hall–Kier alpha value is -1.10. The maximum absolute atomic E-state index is 11.2. The van der Waals surface area contributed by atoms with Gasteiger partial charge in [-0.25, -0.2) is 0 Å². The van der Waals surface area contributed by atoms with Crippen molar-refractivity contribution in [2.45, 2.75) is 4.90 Å². The van der Waals surface area contributed by atoms with Gasteiger partial charge < -0.3 is 4.55 Å². The third kappa shape index (κ3) is 2.52. The highest BCUT2D eigenvalue weighted by molar-refractivity contribution is 7.90. The van der Waals surface area contributed by atoms with Gasteiger partial charge in [0.15, 0.2) is 10.0 Å². The van der Waals surface area contributed by atoms with Crippen LogP contribution in [0.15, 0.2) is 41.3 Å². The molecule has 0 aliphatic heterocycles. The Balaban J connectivity index is 2.31. The van der Waals surface area contributed by atoms with Crippen molar-refractivity contribution in [2.75, 3.05) is 6.26 Å². The summed E-state index contributed by atoms with van der Waals surface area (Å²) in [5.74, 6) is 0. The van der Waals surface area contributed by atoms with E-state index in [9.17, 15) is 4.55 Å². The van der Waals surface area contributed by atoms with Crippen molar-refractivity contribution in [2.24, 2.45) is 0 Å². The fraction of sp³-hybridized carbons (Fsp3) is 0.0909. The minimum atomic E-state index is -0.954. The smallest absolute Gasteiger partial charge is 0.152 e. The van der Waals surface area contributed by atoms with Crippen LogP contribution in [0.3, 0.4) is 0 Å². The van der Waals surface area contributed by atoms with Gasteiger partial charge in [0.05, 0.1) is 5.69 Å². The molecule has 0 amide bonds. The first-order valence-corrected chi connectivity index (χ1v) is 6.53. The second kappa shape index (κ2) is 4.82. The molecule has 2 rings (SSSR count). The van der Waals surface area contributed by atoms with Crippen molar-refractivity contribution >= 4 is 22.8 Å². The van der Waals surface area contributed by atoms with Crippen molar-refractivity contribution in [1.29, 1.82) is 0 Å². The van der Waals surface area contributed by atoms with Crippen LogP contribution in [0.5, 0.6) is 0 Å². The molecule has 1 aromatic carbocycles. The van der Waals surface area contributed by atoms with E-state index >= 15 is 0 Å². The van der Waals surface area contributed by atoms with Gasteiger partial charge in [0.2, 0.25) is 0 Å². The molecule has 0 saturated carbocycles. The Morgan fingerprint density at radius 2 is 1.75 bits per heavy atom. The van der Waals surface area contributed by atoms with E-state index in [1.54, 1.807) is 18.4 Å². The van der Waals surface area contributed by atoms with E-state index in [1.165, 1.54) is 0 Å². The molecular weight excluding hydrogens is 244 g/mol. The Kier molecular flexibility index (Phi) is 3.43. The molecular formula is C11H9ClN2OS. The Morgan fingerprint density at radius 1 is 1.06 bits per heavy atom. The maximum atomic E-state index is 11.2. The predicted octanol–water partition coefficient (Wildman–Crippen LogP) is 2.53. The number of hydrogen-bond donors (Lipinski definition) is 0. The van der Waals surface area contributed by atoms with E-state index in [0.29, 0.717) is 5.15 Å². The molecule has 16 heavy (non-hydrogen) atoms. The monoisotopic (exact) mass is 252 g/mol. The lowest BCUT2D eigenvalue weighted by atomic mass is 10.1. The quantitative estimate of drug-likeness (QED) is 0.772. The second-order valence-corrected chi connectivity index (χ2v) is 4.99. The first-order valence-electron chi connectivity index (χ1n) is 4.60. The van der Waals surface area contributed by atoms with Gasteiger partial charge in [-0.15, -0.1) is 10.2 Å². The van der Waals surface area contributed by atoms with Crippen molar-refractivity contribution in [3.05, 3.63) is 41.6 Å². The molecule has 0 N–H and O–H groups in total. The van der Waals surface area contributed by atoms with E-state index in [0.717, 1.165) is 16.2 Å². The minimum Gasteiger partial charge on any atom is -0.612 e. The van der Waals surface area contributed by atoms with Gasteiger partial charge in [0, 0.05) is 5.56 Å².